The van der Waals surface area contributed by atoms with Gasteiger partial charge in [-0.15, -0.1) is 0 Å². The van der Waals surface area contributed by atoms with E-state index in [1.807, 2.05) is 5.32 Å². The van der Waals surface area contributed by atoms with Gasteiger partial charge in [-0.05, 0) is 37.1 Å². The molecular formula is C18H25N4O4+. The van der Waals surface area contributed by atoms with Crippen LogP contribution in [0.5, 0.6) is 5.75 Å². The van der Waals surface area contributed by atoms with Gasteiger partial charge in [0.2, 0.25) is 11.8 Å². The standard InChI is InChI=1S/C18H24N4O4/c1-26-13-6-4-12(5-7-13)18(25)22-10-9-19-11-15(22)17(24)21-14-3-2-8-20-16(14)23/h4-7,14-15,19H,2-3,8-11H2,1H3,(H,20,23)(H,21,24)/p+1/t14-,15+/m0/s1. The SMILES string of the molecule is COc1ccc(C(=O)N2CC[NH2+]C[C@@H]2C(=O)N[C@H]2CCCNC2=O)cc1. The Morgan fingerprint density at radius 1 is 1.31 bits per heavy atom. The van der Waals surface area contributed by atoms with Crippen LogP contribution in [0.1, 0.15) is 23.2 Å². The summed E-state index contributed by atoms with van der Waals surface area (Å²) in [6.45, 7) is 2.36. The molecule has 26 heavy (non-hydrogen) atoms. The first-order valence-corrected chi connectivity index (χ1v) is 8.95. The number of benzene rings is 1. The third kappa shape index (κ3) is 3.96. The van der Waals surface area contributed by atoms with E-state index in [1.165, 1.54) is 0 Å². The van der Waals surface area contributed by atoms with Crippen LogP contribution in [0.15, 0.2) is 24.3 Å². The maximum Gasteiger partial charge on any atom is 0.254 e. The van der Waals surface area contributed by atoms with E-state index in [2.05, 4.69) is 10.6 Å². The van der Waals surface area contributed by atoms with Gasteiger partial charge >= 0.3 is 0 Å². The third-order valence-corrected chi connectivity index (χ3v) is 4.84. The van der Waals surface area contributed by atoms with Crippen LogP contribution in [0.3, 0.4) is 0 Å². The Bertz CT molecular complexity index is 676. The van der Waals surface area contributed by atoms with Crippen LogP contribution in [0.25, 0.3) is 0 Å². The van der Waals surface area contributed by atoms with E-state index in [0.717, 1.165) is 13.0 Å². The Balaban J connectivity index is 1.70. The summed E-state index contributed by atoms with van der Waals surface area (Å²) in [5.41, 5.74) is 0.515. The highest BCUT2D eigenvalue weighted by Crippen LogP contribution is 2.15. The molecule has 8 heteroatoms. The maximum atomic E-state index is 12.9. The lowest BCUT2D eigenvalue weighted by Gasteiger charge is -2.34. The van der Waals surface area contributed by atoms with Gasteiger partial charge in [-0.3, -0.25) is 14.4 Å². The number of hydrogen-bond acceptors (Lipinski definition) is 4. The van der Waals surface area contributed by atoms with Crippen LogP contribution in [0, 0.1) is 0 Å². The topological polar surface area (TPSA) is 104 Å². The number of amides is 3. The van der Waals surface area contributed by atoms with Crippen LogP contribution in [-0.2, 0) is 9.59 Å². The molecular weight excluding hydrogens is 336 g/mol. The zero-order valence-corrected chi connectivity index (χ0v) is 14.9. The molecule has 0 spiro atoms. The van der Waals surface area contributed by atoms with Crippen molar-refractivity contribution in [1.29, 1.82) is 0 Å². The summed E-state index contributed by atoms with van der Waals surface area (Å²) >= 11 is 0. The van der Waals surface area contributed by atoms with Crippen molar-refractivity contribution in [2.75, 3.05) is 33.3 Å². The van der Waals surface area contributed by atoms with Gasteiger partial charge in [-0.2, -0.15) is 0 Å². The van der Waals surface area contributed by atoms with Crippen molar-refractivity contribution in [2.24, 2.45) is 0 Å². The largest absolute Gasteiger partial charge is 0.497 e. The number of nitrogens with zero attached hydrogens (tertiary/aromatic N) is 1. The highest BCUT2D eigenvalue weighted by Gasteiger charge is 2.36. The fraction of sp³-hybridized carbons (Fsp3) is 0.500. The molecule has 3 rings (SSSR count). The van der Waals surface area contributed by atoms with Crippen LogP contribution >= 0.6 is 0 Å². The quantitative estimate of drug-likeness (QED) is 0.606. The highest BCUT2D eigenvalue weighted by atomic mass is 16.5. The Morgan fingerprint density at radius 3 is 2.77 bits per heavy atom. The van der Waals surface area contributed by atoms with E-state index in [9.17, 15) is 14.4 Å². The average Bonchev–Trinajstić information content (AvgIpc) is 2.69. The first kappa shape index (κ1) is 18.2. The smallest absolute Gasteiger partial charge is 0.254 e. The number of piperidine rings is 1. The number of methoxy groups -OCH3 is 1. The van der Waals surface area contributed by atoms with Gasteiger partial charge in [0.05, 0.1) is 20.2 Å². The molecule has 0 radical (unpaired) electrons. The summed E-state index contributed by atoms with van der Waals surface area (Å²) < 4.78 is 5.12. The molecule has 2 aliphatic heterocycles. The number of nitrogens with two attached hydrogens (primary N) is 1. The fourth-order valence-corrected chi connectivity index (χ4v) is 3.36. The number of carbonyl (C=O) groups excluding carboxylic acids is 3. The Kier molecular flexibility index (Phi) is 5.72. The van der Waals surface area contributed by atoms with Crippen molar-refractivity contribution in [3.63, 3.8) is 0 Å². The molecule has 8 nitrogen and oxygen atoms in total. The van der Waals surface area contributed by atoms with E-state index in [1.54, 1.807) is 36.3 Å². The zero-order chi connectivity index (χ0) is 18.5. The van der Waals surface area contributed by atoms with Crippen molar-refractivity contribution in [1.82, 2.24) is 15.5 Å². The summed E-state index contributed by atoms with van der Waals surface area (Å²) in [5.74, 6) is 0.0578. The average molecular weight is 361 g/mol. The van der Waals surface area contributed by atoms with E-state index in [-0.39, 0.29) is 17.7 Å². The molecule has 1 aromatic rings. The second kappa shape index (κ2) is 8.18. The zero-order valence-electron chi connectivity index (χ0n) is 14.9. The lowest BCUT2D eigenvalue weighted by molar-refractivity contribution is -0.665. The van der Waals surface area contributed by atoms with E-state index < -0.39 is 12.1 Å². The lowest BCUT2D eigenvalue weighted by atomic mass is 10.0. The molecule has 2 saturated heterocycles. The first-order chi connectivity index (χ1) is 12.6. The summed E-state index contributed by atoms with van der Waals surface area (Å²) in [6.07, 6.45) is 1.46. The fourth-order valence-electron chi connectivity index (χ4n) is 3.36. The molecule has 2 aliphatic rings. The van der Waals surface area contributed by atoms with Gasteiger partial charge < -0.3 is 25.6 Å². The minimum atomic E-state index is -0.590. The van der Waals surface area contributed by atoms with Crippen LogP contribution in [0.2, 0.25) is 0 Å². The normalized spacial score (nSPS) is 23.1. The molecule has 0 saturated carbocycles. The highest BCUT2D eigenvalue weighted by molar-refractivity contribution is 5.98. The Morgan fingerprint density at radius 2 is 2.08 bits per heavy atom. The molecule has 0 aliphatic carbocycles. The van der Waals surface area contributed by atoms with Crippen LogP contribution < -0.4 is 20.7 Å². The maximum absolute atomic E-state index is 12.9. The number of hydrogen-bond donors (Lipinski definition) is 3. The predicted molar refractivity (Wildman–Crippen MR) is 93.7 cm³/mol. The van der Waals surface area contributed by atoms with Crippen LogP contribution in [-0.4, -0.2) is 68.0 Å². The summed E-state index contributed by atoms with van der Waals surface area (Å²) in [6, 6.07) is 5.74. The first-order valence-electron chi connectivity index (χ1n) is 8.95. The van der Waals surface area contributed by atoms with E-state index in [4.69, 9.17) is 4.74 Å². The second-order valence-corrected chi connectivity index (χ2v) is 6.55. The summed E-state index contributed by atoms with van der Waals surface area (Å²) in [5, 5.41) is 7.58. The molecule has 0 aromatic heterocycles. The number of nitrogens with one attached hydrogen (secondary N) is 2. The monoisotopic (exact) mass is 361 g/mol. The van der Waals surface area contributed by atoms with Gasteiger partial charge in [0, 0.05) is 12.1 Å². The molecule has 0 bridgehead atoms. The number of ether oxygens (including phenoxy) is 1. The number of quaternary nitrogens is 1. The molecule has 140 valence electrons. The molecule has 1 aromatic carbocycles. The molecule has 2 heterocycles. The van der Waals surface area contributed by atoms with Gasteiger partial charge in [0.1, 0.15) is 18.3 Å². The number of rotatable bonds is 4. The minimum Gasteiger partial charge on any atom is -0.497 e. The molecule has 4 N–H and O–H groups in total. The van der Waals surface area contributed by atoms with Crippen molar-refractivity contribution >= 4 is 17.7 Å². The van der Waals surface area contributed by atoms with E-state index in [0.29, 0.717) is 37.4 Å². The van der Waals surface area contributed by atoms with Gasteiger partial charge in [-0.1, -0.05) is 0 Å². The molecule has 2 atom stereocenters. The van der Waals surface area contributed by atoms with Gasteiger partial charge in [-0.25, -0.2) is 0 Å². The predicted octanol–water partition coefficient (Wildman–Crippen LogP) is -1.52. The van der Waals surface area contributed by atoms with Crippen molar-refractivity contribution in [3.8, 4) is 5.75 Å². The Labute approximate surface area is 152 Å². The van der Waals surface area contributed by atoms with Gasteiger partial charge in [0.15, 0.2) is 6.04 Å². The van der Waals surface area contributed by atoms with Crippen molar-refractivity contribution in [3.05, 3.63) is 29.8 Å². The third-order valence-electron chi connectivity index (χ3n) is 4.84. The minimum absolute atomic E-state index is 0.155. The van der Waals surface area contributed by atoms with Crippen LogP contribution in [0.4, 0.5) is 0 Å². The number of piperazine rings is 1. The molecule has 3 amide bonds. The lowest BCUT2D eigenvalue weighted by Crippen LogP contribution is -2.93. The summed E-state index contributed by atoms with van der Waals surface area (Å²) in [4.78, 5) is 39.1. The van der Waals surface area contributed by atoms with Crippen molar-refractivity contribution in [2.45, 2.75) is 24.9 Å². The molecule has 0 unspecified atom stereocenters. The molecule has 2 fully saturated rings. The Hall–Kier alpha value is -2.61. The van der Waals surface area contributed by atoms with E-state index >= 15 is 0 Å². The number of carbonyl (C=O) groups is 3. The second-order valence-electron chi connectivity index (χ2n) is 6.55. The van der Waals surface area contributed by atoms with Gasteiger partial charge in [0.25, 0.3) is 5.91 Å². The van der Waals surface area contributed by atoms with Crippen molar-refractivity contribution < 1.29 is 24.4 Å². The summed E-state index contributed by atoms with van der Waals surface area (Å²) in [7, 11) is 1.57.